The lowest BCUT2D eigenvalue weighted by Crippen LogP contribution is -2.46. The standard InChI is InChI=1S/C13H19ClN2OS/c1-2-16-13(9-17)6-5-11(7-13)18-12-4-3-10(14)8-15-12/h3-4,8,11,16-17H,2,5-7,9H2,1H3. The molecule has 0 aromatic carbocycles. The maximum atomic E-state index is 9.56. The van der Waals surface area contributed by atoms with E-state index in [0.29, 0.717) is 10.3 Å². The van der Waals surface area contributed by atoms with Crippen LogP contribution in [0.4, 0.5) is 0 Å². The van der Waals surface area contributed by atoms with E-state index in [-0.39, 0.29) is 12.1 Å². The fourth-order valence-corrected chi connectivity index (χ4v) is 3.87. The van der Waals surface area contributed by atoms with Gasteiger partial charge in [-0.05, 0) is 37.9 Å². The zero-order chi connectivity index (χ0) is 13.0. The molecule has 2 atom stereocenters. The number of likely N-dealkylation sites (N-methyl/N-ethyl adjacent to an activating group) is 1. The van der Waals surface area contributed by atoms with Gasteiger partial charge in [-0.1, -0.05) is 18.5 Å². The van der Waals surface area contributed by atoms with Gasteiger partial charge in [0.15, 0.2) is 0 Å². The molecule has 2 unspecified atom stereocenters. The molecule has 0 radical (unpaired) electrons. The topological polar surface area (TPSA) is 45.1 Å². The number of nitrogens with one attached hydrogen (secondary N) is 1. The Kier molecular flexibility index (Phi) is 4.90. The highest BCUT2D eigenvalue weighted by Crippen LogP contribution is 2.39. The normalized spacial score (nSPS) is 27.6. The Morgan fingerprint density at radius 3 is 3.06 bits per heavy atom. The highest BCUT2D eigenvalue weighted by Gasteiger charge is 2.38. The first-order chi connectivity index (χ1) is 8.67. The fraction of sp³-hybridized carbons (Fsp3) is 0.615. The molecule has 1 fully saturated rings. The van der Waals surface area contributed by atoms with Crippen LogP contribution in [-0.2, 0) is 0 Å². The van der Waals surface area contributed by atoms with E-state index in [1.54, 1.807) is 18.0 Å². The number of pyridine rings is 1. The summed E-state index contributed by atoms with van der Waals surface area (Å²) in [4.78, 5) is 4.31. The van der Waals surface area contributed by atoms with Crippen molar-refractivity contribution < 1.29 is 5.11 Å². The molecule has 1 aliphatic rings. The number of thioether (sulfide) groups is 1. The summed E-state index contributed by atoms with van der Waals surface area (Å²) in [6.07, 6.45) is 4.82. The molecule has 0 bridgehead atoms. The van der Waals surface area contributed by atoms with E-state index in [4.69, 9.17) is 11.6 Å². The van der Waals surface area contributed by atoms with Gasteiger partial charge in [0.2, 0.25) is 0 Å². The number of aliphatic hydroxyl groups excluding tert-OH is 1. The second kappa shape index (κ2) is 6.24. The summed E-state index contributed by atoms with van der Waals surface area (Å²) in [7, 11) is 0. The number of nitrogens with zero attached hydrogens (tertiary/aromatic N) is 1. The quantitative estimate of drug-likeness (QED) is 0.874. The minimum Gasteiger partial charge on any atom is -0.394 e. The number of rotatable bonds is 5. The van der Waals surface area contributed by atoms with Crippen LogP contribution in [0.5, 0.6) is 0 Å². The van der Waals surface area contributed by atoms with Crippen LogP contribution in [0.2, 0.25) is 5.02 Å². The average Bonchev–Trinajstić information content (AvgIpc) is 2.77. The minimum absolute atomic E-state index is 0.0845. The van der Waals surface area contributed by atoms with E-state index < -0.39 is 0 Å². The summed E-state index contributed by atoms with van der Waals surface area (Å²) in [5, 5.41) is 15.2. The molecule has 0 aliphatic heterocycles. The molecular weight excluding hydrogens is 268 g/mol. The summed E-state index contributed by atoms with van der Waals surface area (Å²) < 4.78 is 0. The predicted molar refractivity (Wildman–Crippen MR) is 76.2 cm³/mol. The van der Waals surface area contributed by atoms with Crippen molar-refractivity contribution in [3.05, 3.63) is 23.4 Å². The summed E-state index contributed by atoms with van der Waals surface area (Å²) in [6.45, 7) is 3.20. The van der Waals surface area contributed by atoms with Gasteiger partial charge in [-0.15, -0.1) is 11.8 Å². The van der Waals surface area contributed by atoms with Crippen LogP contribution < -0.4 is 5.32 Å². The number of hydrogen-bond donors (Lipinski definition) is 2. The maximum Gasteiger partial charge on any atom is 0.0963 e. The van der Waals surface area contributed by atoms with E-state index in [2.05, 4.69) is 17.2 Å². The van der Waals surface area contributed by atoms with Crippen molar-refractivity contribution >= 4 is 23.4 Å². The smallest absolute Gasteiger partial charge is 0.0963 e. The Hall–Kier alpha value is -0.290. The Balaban J connectivity index is 1.94. The lowest BCUT2D eigenvalue weighted by Gasteiger charge is -2.27. The van der Waals surface area contributed by atoms with E-state index >= 15 is 0 Å². The Morgan fingerprint density at radius 2 is 2.44 bits per heavy atom. The highest BCUT2D eigenvalue weighted by atomic mass is 35.5. The molecule has 1 aliphatic carbocycles. The summed E-state index contributed by atoms with van der Waals surface area (Å²) >= 11 is 7.61. The molecule has 1 aromatic rings. The van der Waals surface area contributed by atoms with Crippen molar-refractivity contribution in [3.8, 4) is 0 Å². The molecule has 0 saturated heterocycles. The molecule has 1 aromatic heterocycles. The van der Waals surface area contributed by atoms with Gasteiger partial charge in [0.05, 0.1) is 16.7 Å². The third kappa shape index (κ3) is 3.38. The van der Waals surface area contributed by atoms with Crippen LogP contribution in [-0.4, -0.2) is 34.0 Å². The maximum absolute atomic E-state index is 9.56. The average molecular weight is 287 g/mol. The first kappa shape index (κ1) is 14.1. The molecule has 5 heteroatoms. The number of aromatic nitrogens is 1. The summed E-state index contributed by atoms with van der Waals surface area (Å²) in [5.41, 5.74) is -0.0845. The minimum atomic E-state index is -0.0845. The lowest BCUT2D eigenvalue weighted by molar-refractivity contribution is 0.167. The largest absolute Gasteiger partial charge is 0.394 e. The number of hydrogen-bond acceptors (Lipinski definition) is 4. The summed E-state index contributed by atoms with van der Waals surface area (Å²) in [6, 6.07) is 3.83. The van der Waals surface area contributed by atoms with Gasteiger partial charge in [0.1, 0.15) is 0 Å². The second-order valence-corrected chi connectivity index (χ2v) is 6.52. The molecule has 18 heavy (non-hydrogen) atoms. The molecule has 100 valence electrons. The van der Waals surface area contributed by atoms with Crippen LogP contribution in [0.15, 0.2) is 23.4 Å². The van der Waals surface area contributed by atoms with Crippen molar-refractivity contribution in [2.24, 2.45) is 0 Å². The molecule has 1 saturated carbocycles. The highest BCUT2D eigenvalue weighted by molar-refractivity contribution is 7.99. The van der Waals surface area contributed by atoms with Crippen molar-refractivity contribution in [1.29, 1.82) is 0 Å². The SMILES string of the molecule is CCNC1(CO)CCC(Sc2ccc(Cl)cn2)C1. The zero-order valence-corrected chi connectivity index (χ0v) is 12.1. The molecule has 0 spiro atoms. The lowest BCUT2D eigenvalue weighted by atomic mass is 9.99. The molecule has 2 N–H and O–H groups in total. The fourth-order valence-electron chi connectivity index (χ4n) is 2.52. The van der Waals surface area contributed by atoms with Gasteiger partial charge < -0.3 is 10.4 Å². The van der Waals surface area contributed by atoms with Gasteiger partial charge in [-0.2, -0.15) is 0 Å². The number of aliphatic hydroxyl groups is 1. The van der Waals surface area contributed by atoms with Crippen molar-refractivity contribution in [2.75, 3.05) is 13.2 Å². The van der Waals surface area contributed by atoms with Crippen LogP contribution >= 0.6 is 23.4 Å². The predicted octanol–water partition coefficient (Wildman–Crippen LogP) is 2.72. The zero-order valence-electron chi connectivity index (χ0n) is 10.5. The first-order valence-electron chi connectivity index (χ1n) is 6.31. The van der Waals surface area contributed by atoms with Crippen LogP contribution in [0, 0.1) is 0 Å². The van der Waals surface area contributed by atoms with Crippen molar-refractivity contribution in [1.82, 2.24) is 10.3 Å². The van der Waals surface area contributed by atoms with Crippen molar-refractivity contribution in [2.45, 2.75) is 42.0 Å². The van der Waals surface area contributed by atoms with Gasteiger partial charge in [-0.25, -0.2) is 4.98 Å². The first-order valence-corrected chi connectivity index (χ1v) is 7.57. The van der Waals surface area contributed by atoms with Gasteiger partial charge in [-0.3, -0.25) is 0 Å². The van der Waals surface area contributed by atoms with E-state index in [0.717, 1.165) is 30.8 Å². The van der Waals surface area contributed by atoms with E-state index in [9.17, 15) is 5.11 Å². The Morgan fingerprint density at radius 1 is 1.61 bits per heavy atom. The Bertz CT molecular complexity index is 387. The van der Waals surface area contributed by atoms with Crippen LogP contribution in [0.25, 0.3) is 0 Å². The molecule has 3 nitrogen and oxygen atoms in total. The molecule has 0 amide bonds. The monoisotopic (exact) mass is 286 g/mol. The molecular formula is C13H19ClN2OS. The third-order valence-corrected chi connectivity index (χ3v) is 4.85. The third-order valence-electron chi connectivity index (χ3n) is 3.41. The Labute approximate surface area is 117 Å². The van der Waals surface area contributed by atoms with Crippen molar-refractivity contribution in [3.63, 3.8) is 0 Å². The summed E-state index contributed by atoms with van der Waals surface area (Å²) in [5.74, 6) is 0. The van der Waals surface area contributed by atoms with Crippen LogP contribution in [0.1, 0.15) is 26.2 Å². The van der Waals surface area contributed by atoms with E-state index in [1.807, 2.05) is 12.1 Å². The molecule has 1 heterocycles. The second-order valence-electron chi connectivity index (χ2n) is 4.77. The van der Waals surface area contributed by atoms with Crippen LogP contribution in [0.3, 0.4) is 0 Å². The van der Waals surface area contributed by atoms with Gasteiger partial charge in [0.25, 0.3) is 0 Å². The number of halogens is 1. The van der Waals surface area contributed by atoms with E-state index in [1.165, 1.54) is 0 Å². The van der Waals surface area contributed by atoms with Gasteiger partial charge >= 0.3 is 0 Å². The van der Waals surface area contributed by atoms with Gasteiger partial charge in [0, 0.05) is 17.0 Å². The molecule has 2 rings (SSSR count).